The van der Waals surface area contributed by atoms with E-state index in [1.54, 1.807) is 48.5 Å². The molecule has 0 saturated heterocycles. The minimum Gasteiger partial charge on any atom is -0.463 e. The van der Waals surface area contributed by atoms with Crippen LogP contribution in [0.1, 0.15) is 24.5 Å². The van der Waals surface area contributed by atoms with E-state index >= 15 is 0 Å². The number of halogens is 2. The summed E-state index contributed by atoms with van der Waals surface area (Å²) in [7, 11) is 0. The van der Waals surface area contributed by atoms with Crippen molar-refractivity contribution in [3.05, 3.63) is 69.2 Å². The lowest BCUT2D eigenvalue weighted by Gasteiger charge is -2.27. The van der Waals surface area contributed by atoms with Crippen LogP contribution in [-0.2, 0) is 15.1 Å². The monoisotopic (exact) mass is 382 g/mol. The summed E-state index contributed by atoms with van der Waals surface area (Å²) in [5, 5.41) is 11.6. The standard InChI is InChI=1S/C17H16BrClO3/c1-2-11-22-16(20)17(21,12-3-7-14(18)8-4-12)13-5-9-15(19)10-6-13/h3-10,21H,2,11H2,1H3. The first-order chi connectivity index (χ1) is 10.5. The van der Waals surface area contributed by atoms with Crippen LogP contribution >= 0.6 is 27.5 Å². The highest BCUT2D eigenvalue weighted by Crippen LogP contribution is 2.32. The fourth-order valence-electron chi connectivity index (χ4n) is 2.08. The van der Waals surface area contributed by atoms with Crippen LogP contribution in [0.2, 0.25) is 5.02 Å². The number of benzene rings is 2. The van der Waals surface area contributed by atoms with Gasteiger partial charge in [-0.3, -0.25) is 0 Å². The van der Waals surface area contributed by atoms with E-state index in [0.717, 1.165) is 4.47 Å². The highest BCUT2D eigenvalue weighted by atomic mass is 79.9. The van der Waals surface area contributed by atoms with Gasteiger partial charge in [-0.2, -0.15) is 0 Å². The van der Waals surface area contributed by atoms with Crippen molar-refractivity contribution in [2.75, 3.05) is 6.61 Å². The van der Waals surface area contributed by atoms with Crippen molar-refractivity contribution in [3.63, 3.8) is 0 Å². The molecular weight excluding hydrogens is 368 g/mol. The first-order valence-corrected chi connectivity index (χ1v) is 8.07. The molecule has 0 aliphatic rings. The van der Waals surface area contributed by atoms with Crippen LogP contribution in [0, 0.1) is 0 Å². The van der Waals surface area contributed by atoms with Crippen molar-refractivity contribution in [3.8, 4) is 0 Å². The molecule has 1 N–H and O–H groups in total. The van der Waals surface area contributed by atoms with Crippen LogP contribution in [-0.4, -0.2) is 17.7 Å². The number of aliphatic hydroxyl groups is 1. The van der Waals surface area contributed by atoms with E-state index in [4.69, 9.17) is 16.3 Å². The maximum absolute atomic E-state index is 12.5. The van der Waals surface area contributed by atoms with Gasteiger partial charge in [0.1, 0.15) is 0 Å². The molecule has 0 spiro atoms. The molecule has 2 aromatic rings. The topological polar surface area (TPSA) is 46.5 Å². The molecule has 116 valence electrons. The van der Waals surface area contributed by atoms with Gasteiger partial charge < -0.3 is 9.84 Å². The summed E-state index contributed by atoms with van der Waals surface area (Å²) in [6.45, 7) is 2.15. The summed E-state index contributed by atoms with van der Waals surface area (Å²) < 4.78 is 6.05. The Morgan fingerprint density at radius 1 is 1.14 bits per heavy atom. The zero-order valence-electron chi connectivity index (χ0n) is 12.1. The SMILES string of the molecule is CCCOC(=O)C(O)(c1ccc(Cl)cc1)c1ccc(Br)cc1. The fourth-order valence-corrected chi connectivity index (χ4v) is 2.47. The van der Waals surface area contributed by atoms with Crippen molar-refractivity contribution < 1.29 is 14.6 Å². The average Bonchev–Trinajstić information content (AvgIpc) is 2.53. The summed E-state index contributed by atoms with van der Waals surface area (Å²) in [4.78, 5) is 12.5. The van der Waals surface area contributed by atoms with E-state index in [1.165, 1.54) is 0 Å². The van der Waals surface area contributed by atoms with E-state index in [0.29, 0.717) is 22.6 Å². The third-order valence-corrected chi connectivity index (χ3v) is 4.04. The maximum atomic E-state index is 12.5. The molecule has 0 bridgehead atoms. The minimum absolute atomic E-state index is 0.255. The van der Waals surface area contributed by atoms with Crippen LogP contribution in [0.15, 0.2) is 53.0 Å². The number of hydrogen-bond acceptors (Lipinski definition) is 3. The first kappa shape index (κ1) is 17.0. The molecular formula is C17H16BrClO3. The first-order valence-electron chi connectivity index (χ1n) is 6.90. The molecule has 0 aromatic heterocycles. The zero-order valence-corrected chi connectivity index (χ0v) is 14.4. The Morgan fingerprint density at radius 2 is 1.64 bits per heavy atom. The Hall–Kier alpha value is -1.36. The molecule has 22 heavy (non-hydrogen) atoms. The quantitative estimate of drug-likeness (QED) is 0.783. The van der Waals surface area contributed by atoms with Gasteiger partial charge >= 0.3 is 5.97 Å². The second-order valence-corrected chi connectivity index (χ2v) is 6.21. The van der Waals surface area contributed by atoms with Crippen molar-refractivity contribution in [1.29, 1.82) is 0 Å². The Morgan fingerprint density at radius 3 is 2.14 bits per heavy atom. The molecule has 0 aliphatic heterocycles. The van der Waals surface area contributed by atoms with Crippen LogP contribution in [0.5, 0.6) is 0 Å². The molecule has 0 radical (unpaired) electrons. The van der Waals surface area contributed by atoms with Crippen LogP contribution in [0.25, 0.3) is 0 Å². The van der Waals surface area contributed by atoms with Gasteiger partial charge in [0.2, 0.25) is 5.60 Å². The normalized spacial score (nSPS) is 13.5. The van der Waals surface area contributed by atoms with E-state index in [1.807, 2.05) is 6.92 Å². The fraction of sp³-hybridized carbons (Fsp3) is 0.235. The number of carbonyl (C=O) groups is 1. The van der Waals surface area contributed by atoms with Gasteiger partial charge in [0.05, 0.1) is 6.61 Å². The number of rotatable bonds is 5. The summed E-state index contributed by atoms with van der Waals surface area (Å²) in [6, 6.07) is 13.4. The predicted octanol–water partition coefficient (Wildman–Crippen LogP) is 4.29. The van der Waals surface area contributed by atoms with Crippen LogP contribution < -0.4 is 0 Å². The highest BCUT2D eigenvalue weighted by molar-refractivity contribution is 9.10. The van der Waals surface area contributed by atoms with Gasteiger partial charge in [-0.15, -0.1) is 0 Å². The van der Waals surface area contributed by atoms with E-state index in [9.17, 15) is 9.90 Å². The van der Waals surface area contributed by atoms with Gasteiger partial charge in [-0.05, 0) is 41.8 Å². The highest BCUT2D eigenvalue weighted by Gasteiger charge is 2.41. The van der Waals surface area contributed by atoms with Gasteiger partial charge in [0.15, 0.2) is 0 Å². The van der Waals surface area contributed by atoms with Gasteiger partial charge in [0, 0.05) is 9.50 Å². The third-order valence-electron chi connectivity index (χ3n) is 3.26. The van der Waals surface area contributed by atoms with Crippen LogP contribution in [0.4, 0.5) is 0 Å². The average molecular weight is 384 g/mol. The molecule has 0 fully saturated rings. The van der Waals surface area contributed by atoms with Gasteiger partial charge in [-0.25, -0.2) is 4.79 Å². The smallest absolute Gasteiger partial charge is 0.347 e. The van der Waals surface area contributed by atoms with E-state index in [2.05, 4.69) is 15.9 Å². The van der Waals surface area contributed by atoms with Crippen molar-refractivity contribution in [2.45, 2.75) is 18.9 Å². The Balaban J connectivity index is 2.50. The van der Waals surface area contributed by atoms with E-state index in [-0.39, 0.29) is 6.61 Å². The van der Waals surface area contributed by atoms with E-state index < -0.39 is 11.6 Å². The van der Waals surface area contributed by atoms with Crippen molar-refractivity contribution >= 4 is 33.5 Å². The Labute approximate surface area is 143 Å². The minimum atomic E-state index is -1.86. The molecule has 2 aromatic carbocycles. The summed E-state index contributed by atoms with van der Waals surface area (Å²) >= 11 is 9.23. The largest absolute Gasteiger partial charge is 0.463 e. The van der Waals surface area contributed by atoms with Gasteiger partial charge in [0.25, 0.3) is 0 Å². The lowest BCUT2D eigenvalue weighted by atomic mass is 9.86. The molecule has 3 nitrogen and oxygen atoms in total. The summed E-state index contributed by atoms with van der Waals surface area (Å²) in [6.07, 6.45) is 0.683. The number of carbonyl (C=O) groups excluding carboxylic acids is 1. The van der Waals surface area contributed by atoms with Crippen molar-refractivity contribution in [2.24, 2.45) is 0 Å². The third kappa shape index (κ3) is 3.51. The van der Waals surface area contributed by atoms with Crippen LogP contribution in [0.3, 0.4) is 0 Å². The summed E-state index contributed by atoms with van der Waals surface area (Å²) in [5.74, 6) is -0.695. The molecule has 5 heteroatoms. The second-order valence-electron chi connectivity index (χ2n) is 4.86. The Bertz CT molecular complexity index is 592. The maximum Gasteiger partial charge on any atom is 0.347 e. The molecule has 0 aliphatic carbocycles. The molecule has 1 atom stereocenters. The lowest BCUT2D eigenvalue weighted by Crippen LogP contribution is -2.38. The molecule has 0 saturated carbocycles. The summed E-state index contributed by atoms with van der Waals surface area (Å²) in [5.41, 5.74) is -1.00. The predicted molar refractivity (Wildman–Crippen MR) is 89.8 cm³/mol. The van der Waals surface area contributed by atoms with Crippen molar-refractivity contribution in [1.82, 2.24) is 0 Å². The zero-order chi connectivity index (χ0) is 16.2. The molecule has 2 rings (SSSR count). The number of esters is 1. The molecule has 1 unspecified atom stereocenters. The van der Waals surface area contributed by atoms with Gasteiger partial charge in [-0.1, -0.05) is 58.7 Å². The number of hydrogen-bond donors (Lipinski definition) is 1. The second kappa shape index (κ2) is 7.27. The lowest BCUT2D eigenvalue weighted by molar-refractivity contribution is -0.162. The molecule has 0 heterocycles. The molecule has 0 amide bonds. The number of ether oxygens (including phenoxy) is 1. The Kier molecular flexibility index (Phi) is 5.62.